The average molecular weight is 292 g/mol. The van der Waals surface area contributed by atoms with E-state index in [1.807, 2.05) is 44.4 Å². The molecule has 0 aliphatic carbocycles. The minimum atomic E-state index is -0.205. The largest absolute Gasteiger partial charge is 0.306 e. The van der Waals surface area contributed by atoms with Crippen LogP contribution in [0, 0.1) is 5.82 Å². The van der Waals surface area contributed by atoms with E-state index in [2.05, 4.69) is 23.1 Å². The third-order valence-electron chi connectivity index (χ3n) is 2.90. The van der Waals surface area contributed by atoms with Crippen LogP contribution in [0.2, 0.25) is 0 Å². The summed E-state index contributed by atoms with van der Waals surface area (Å²) in [5.41, 5.74) is 3.32. The van der Waals surface area contributed by atoms with E-state index >= 15 is 0 Å². The maximum Gasteiger partial charge on any atom is 0.123 e. The van der Waals surface area contributed by atoms with Gasteiger partial charge in [0.25, 0.3) is 0 Å². The van der Waals surface area contributed by atoms with Crippen molar-refractivity contribution < 1.29 is 4.39 Å². The van der Waals surface area contributed by atoms with Gasteiger partial charge in [-0.05, 0) is 42.9 Å². The van der Waals surface area contributed by atoms with Crippen LogP contribution in [-0.4, -0.2) is 25.5 Å². The summed E-state index contributed by atoms with van der Waals surface area (Å²) in [7, 11) is 4.06. The van der Waals surface area contributed by atoms with Gasteiger partial charge in [-0.2, -0.15) is 0 Å². The van der Waals surface area contributed by atoms with Gasteiger partial charge in [0.05, 0.1) is 0 Å². The lowest BCUT2D eigenvalue weighted by atomic mass is 9.97. The second-order valence-corrected chi connectivity index (χ2v) is 4.75. The molecule has 0 fully saturated rings. The van der Waals surface area contributed by atoms with Crippen molar-refractivity contribution in [1.82, 2.24) is 4.90 Å². The van der Waals surface area contributed by atoms with Gasteiger partial charge in [-0.15, -0.1) is 12.4 Å². The number of hydrogen-bond acceptors (Lipinski definition) is 1. The van der Waals surface area contributed by atoms with Crippen molar-refractivity contribution in [2.75, 3.05) is 20.6 Å². The molecular formula is C17H19ClFN. The molecule has 2 rings (SSSR count). The van der Waals surface area contributed by atoms with Crippen LogP contribution >= 0.6 is 12.4 Å². The first kappa shape index (κ1) is 16.4. The van der Waals surface area contributed by atoms with Crippen molar-refractivity contribution in [3.05, 3.63) is 77.6 Å². The number of benzene rings is 2. The molecule has 0 aliphatic heterocycles. The molecule has 0 saturated carbocycles. The van der Waals surface area contributed by atoms with Crippen LogP contribution in [0.5, 0.6) is 0 Å². The SMILES string of the molecule is CN(C)CC=C(c1ccccc1)c1ccc(F)cc1.Cl. The highest BCUT2D eigenvalue weighted by atomic mass is 35.5. The molecule has 0 aliphatic rings. The molecule has 106 valence electrons. The molecule has 0 amide bonds. The fourth-order valence-electron chi connectivity index (χ4n) is 1.92. The topological polar surface area (TPSA) is 3.24 Å². The zero-order valence-electron chi connectivity index (χ0n) is 11.7. The summed E-state index contributed by atoms with van der Waals surface area (Å²) in [5, 5.41) is 0. The van der Waals surface area contributed by atoms with Gasteiger partial charge in [0, 0.05) is 6.54 Å². The molecule has 0 radical (unpaired) electrons. The van der Waals surface area contributed by atoms with E-state index in [0.717, 1.165) is 23.2 Å². The Balaban J connectivity index is 0.00000200. The summed E-state index contributed by atoms with van der Waals surface area (Å²) in [6, 6.07) is 16.8. The Morgan fingerprint density at radius 1 is 0.950 bits per heavy atom. The first-order valence-electron chi connectivity index (χ1n) is 6.33. The normalized spacial score (nSPS) is 11.3. The van der Waals surface area contributed by atoms with Gasteiger partial charge in [0.2, 0.25) is 0 Å². The molecule has 0 saturated heterocycles. The summed E-state index contributed by atoms with van der Waals surface area (Å²) in [4.78, 5) is 2.10. The van der Waals surface area contributed by atoms with Gasteiger partial charge in [0.1, 0.15) is 5.82 Å². The van der Waals surface area contributed by atoms with Crippen LogP contribution in [0.15, 0.2) is 60.7 Å². The third kappa shape index (κ3) is 4.48. The Bertz CT molecular complexity index is 547. The molecule has 0 aromatic heterocycles. The van der Waals surface area contributed by atoms with Crippen LogP contribution in [0.4, 0.5) is 4.39 Å². The Kier molecular flexibility index (Phi) is 6.43. The fraction of sp³-hybridized carbons (Fsp3) is 0.176. The van der Waals surface area contributed by atoms with E-state index in [-0.39, 0.29) is 18.2 Å². The third-order valence-corrected chi connectivity index (χ3v) is 2.90. The lowest BCUT2D eigenvalue weighted by Crippen LogP contribution is -2.11. The number of likely N-dealkylation sites (N-methyl/N-ethyl adjacent to an activating group) is 1. The van der Waals surface area contributed by atoms with Crippen molar-refractivity contribution in [1.29, 1.82) is 0 Å². The molecule has 0 bridgehead atoms. The molecule has 0 atom stereocenters. The fourth-order valence-corrected chi connectivity index (χ4v) is 1.92. The molecule has 2 aromatic carbocycles. The highest BCUT2D eigenvalue weighted by molar-refractivity contribution is 5.85. The van der Waals surface area contributed by atoms with Crippen LogP contribution in [-0.2, 0) is 0 Å². The number of nitrogens with zero attached hydrogens (tertiary/aromatic N) is 1. The van der Waals surface area contributed by atoms with E-state index in [1.54, 1.807) is 0 Å². The highest BCUT2D eigenvalue weighted by Gasteiger charge is 2.04. The van der Waals surface area contributed by atoms with Gasteiger partial charge in [0.15, 0.2) is 0 Å². The molecule has 20 heavy (non-hydrogen) atoms. The van der Waals surface area contributed by atoms with Crippen LogP contribution < -0.4 is 0 Å². The maximum atomic E-state index is 13.0. The Morgan fingerprint density at radius 3 is 2.05 bits per heavy atom. The van der Waals surface area contributed by atoms with Crippen molar-refractivity contribution in [3.8, 4) is 0 Å². The van der Waals surface area contributed by atoms with Gasteiger partial charge in [-0.1, -0.05) is 48.5 Å². The lowest BCUT2D eigenvalue weighted by Gasteiger charge is -2.11. The molecule has 0 heterocycles. The quantitative estimate of drug-likeness (QED) is 0.814. The van der Waals surface area contributed by atoms with Gasteiger partial charge >= 0.3 is 0 Å². The first-order valence-corrected chi connectivity index (χ1v) is 6.33. The smallest absolute Gasteiger partial charge is 0.123 e. The molecular weight excluding hydrogens is 273 g/mol. The molecule has 2 aromatic rings. The molecule has 3 heteroatoms. The molecule has 0 N–H and O–H groups in total. The summed E-state index contributed by atoms with van der Waals surface area (Å²) < 4.78 is 13.0. The predicted molar refractivity (Wildman–Crippen MR) is 85.7 cm³/mol. The summed E-state index contributed by atoms with van der Waals surface area (Å²) in [5.74, 6) is -0.205. The van der Waals surface area contributed by atoms with E-state index in [4.69, 9.17) is 0 Å². The number of rotatable bonds is 4. The Hall–Kier alpha value is -1.64. The second kappa shape index (κ2) is 7.83. The Morgan fingerprint density at radius 2 is 1.50 bits per heavy atom. The zero-order chi connectivity index (χ0) is 13.7. The minimum Gasteiger partial charge on any atom is -0.306 e. The number of hydrogen-bond donors (Lipinski definition) is 0. The van der Waals surface area contributed by atoms with Gasteiger partial charge in [-0.3, -0.25) is 0 Å². The van der Waals surface area contributed by atoms with E-state index in [0.29, 0.717) is 0 Å². The molecule has 0 unspecified atom stereocenters. The summed E-state index contributed by atoms with van der Waals surface area (Å²) in [6.07, 6.45) is 2.17. The highest BCUT2D eigenvalue weighted by Crippen LogP contribution is 2.23. The minimum absolute atomic E-state index is 0. The van der Waals surface area contributed by atoms with Crippen molar-refractivity contribution >= 4 is 18.0 Å². The van der Waals surface area contributed by atoms with Crippen LogP contribution in [0.3, 0.4) is 0 Å². The second-order valence-electron chi connectivity index (χ2n) is 4.75. The van der Waals surface area contributed by atoms with E-state index in [9.17, 15) is 4.39 Å². The van der Waals surface area contributed by atoms with Crippen molar-refractivity contribution in [2.45, 2.75) is 0 Å². The van der Waals surface area contributed by atoms with Gasteiger partial charge < -0.3 is 4.90 Å². The predicted octanol–water partition coefficient (Wildman–Crippen LogP) is 4.24. The molecule has 1 nitrogen and oxygen atoms in total. The summed E-state index contributed by atoms with van der Waals surface area (Å²) in [6.45, 7) is 0.849. The molecule has 0 spiro atoms. The van der Waals surface area contributed by atoms with Crippen LogP contribution in [0.25, 0.3) is 5.57 Å². The van der Waals surface area contributed by atoms with Crippen molar-refractivity contribution in [3.63, 3.8) is 0 Å². The summed E-state index contributed by atoms with van der Waals surface area (Å²) >= 11 is 0. The Labute approximate surface area is 126 Å². The van der Waals surface area contributed by atoms with Crippen LogP contribution in [0.1, 0.15) is 11.1 Å². The monoisotopic (exact) mass is 291 g/mol. The van der Waals surface area contributed by atoms with E-state index in [1.165, 1.54) is 12.1 Å². The standard InChI is InChI=1S/C17H18FN.ClH/c1-19(2)13-12-17(14-6-4-3-5-7-14)15-8-10-16(18)11-9-15;/h3-12H,13H2,1-2H3;1H. The first-order chi connectivity index (χ1) is 9.16. The van der Waals surface area contributed by atoms with E-state index < -0.39 is 0 Å². The zero-order valence-corrected chi connectivity index (χ0v) is 12.5. The van der Waals surface area contributed by atoms with Gasteiger partial charge in [-0.25, -0.2) is 4.39 Å². The maximum absolute atomic E-state index is 13.0. The van der Waals surface area contributed by atoms with Crippen molar-refractivity contribution in [2.24, 2.45) is 0 Å². The lowest BCUT2D eigenvalue weighted by molar-refractivity contribution is 0.457. The average Bonchev–Trinajstić information content (AvgIpc) is 2.42. The number of halogens is 2.